The van der Waals surface area contributed by atoms with Crippen LogP contribution in [-0.4, -0.2) is 56.0 Å². The fraction of sp³-hybridized carbons (Fsp3) is 0.742. The zero-order chi connectivity index (χ0) is 29.3. The van der Waals surface area contributed by atoms with Gasteiger partial charge in [0.05, 0.1) is 13.2 Å². The number of halogens is 1. The number of carbonyl (C=O) groups excluding carboxylic acids is 3. The van der Waals surface area contributed by atoms with Gasteiger partial charge in [0.1, 0.15) is 26.3 Å². The Morgan fingerprint density at radius 1 is 0.780 bits per heavy atom. The molecular formula is C31H54IN3O6. The highest BCUT2D eigenvalue weighted by Gasteiger charge is 2.23. The molecule has 0 aliphatic rings. The van der Waals surface area contributed by atoms with Crippen LogP contribution in [-0.2, 0) is 32.1 Å². The van der Waals surface area contributed by atoms with Gasteiger partial charge in [0.2, 0.25) is 11.6 Å². The van der Waals surface area contributed by atoms with Gasteiger partial charge < -0.3 is 43.5 Å². The van der Waals surface area contributed by atoms with Gasteiger partial charge in [0, 0.05) is 25.6 Å². The molecule has 41 heavy (non-hydrogen) atoms. The van der Waals surface area contributed by atoms with Gasteiger partial charge in [-0.3, -0.25) is 4.79 Å². The van der Waals surface area contributed by atoms with Crippen LogP contribution in [0.2, 0.25) is 0 Å². The molecule has 1 aromatic rings. The van der Waals surface area contributed by atoms with Crippen molar-refractivity contribution in [2.75, 3.05) is 33.0 Å². The summed E-state index contributed by atoms with van der Waals surface area (Å²) in [4.78, 5) is 37.2. The first-order valence-corrected chi connectivity index (χ1v) is 15.4. The van der Waals surface area contributed by atoms with Gasteiger partial charge in [-0.1, -0.05) is 90.0 Å². The normalized spacial score (nSPS) is 10.5. The molecule has 0 aliphatic carbocycles. The Kier molecular flexibility index (Phi) is 25.6. The molecular weight excluding hydrogens is 637 g/mol. The lowest BCUT2D eigenvalue weighted by Gasteiger charge is -2.17. The van der Waals surface area contributed by atoms with E-state index in [2.05, 4.69) is 12.2 Å². The number of nitrogens with zero attached hydrogens (tertiary/aromatic N) is 2. The molecule has 0 aromatic carbocycles. The second kappa shape index (κ2) is 26.9. The Morgan fingerprint density at radius 3 is 1.90 bits per heavy atom. The van der Waals surface area contributed by atoms with Crippen molar-refractivity contribution in [2.24, 2.45) is 0 Å². The molecule has 1 rings (SSSR count). The summed E-state index contributed by atoms with van der Waals surface area (Å²) in [6, 6.07) is 5.63. The van der Waals surface area contributed by atoms with Crippen LogP contribution in [0, 0.1) is 0 Å². The number of hydrogen-bond donors (Lipinski definition) is 1. The molecule has 236 valence electrons. The van der Waals surface area contributed by atoms with Crippen LogP contribution >= 0.6 is 0 Å². The highest BCUT2D eigenvalue weighted by molar-refractivity contribution is 5.90. The van der Waals surface area contributed by atoms with Crippen LogP contribution in [0.5, 0.6) is 0 Å². The second-order valence-corrected chi connectivity index (χ2v) is 10.1. The summed E-state index contributed by atoms with van der Waals surface area (Å²) in [6.45, 7) is 7.50. The van der Waals surface area contributed by atoms with E-state index in [0.29, 0.717) is 6.54 Å². The third-order valence-corrected chi connectivity index (χ3v) is 6.76. The summed E-state index contributed by atoms with van der Waals surface area (Å²) in [7, 11) is 0. The predicted octanol–water partition coefficient (Wildman–Crippen LogP) is 3.32. The average Bonchev–Trinajstić information content (AvgIpc) is 2.95. The standard InChI is InChI=1S/C31H53N3O6.HI/c1-4-6-7-8-9-10-11-12-13-14-15-16-18-21-32-30(36)39-25-23-38-24-26-40-31(37)34(28(3)35)27-29-20-17-19-22-33(29)5-2;/h17,19-20,22H,4-16,18,21,23-27H2,1-3H3;1H. The number of ether oxygens (including phenoxy) is 3. The Bertz CT molecular complexity index is 827. The number of carbonyl (C=O) groups is 3. The molecule has 0 fully saturated rings. The molecule has 10 heteroatoms. The van der Waals surface area contributed by atoms with Crippen molar-refractivity contribution in [1.29, 1.82) is 0 Å². The first kappa shape index (κ1) is 39.0. The minimum atomic E-state index is -0.716. The van der Waals surface area contributed by atoms with E-state index in [1.54, 1.807) is 0 Å². The predicted molar refractivity (Wildman–Crippen MR) is 156 cm³/mol. The molecule has 0 bridgehead atoms. The van der Waals surface area contributed by atoms with Gasteiger partial charge in [-0.15, -0.1) is 0 Å². The minimum Gasteiger partial charge on any atom is -1.00 e. The number of pyridine rings is 1. The van der Waals surface area contributed by atoms with Crippen molar-refractivity contribution in [3.63, 3.8) is 0 Å². The molecule has 0 spiro atoms. The van der Waals surface area contributed by atoms with Gasteiger partial charge in [-0.2, -0.15) is 0 Å². The van der Waals surface area contributed by atoms with Crippen molar-refractivity contribution < 1.29 is 57.1 Å². The number of alkyl carbamates (subject to hydrolysis) is 1. The maximum absolute atomic E-state index is 12.4. The average molecular weight is 692 g/mol. The Labute approximate surface area is 265 Å². The van der Waals surface area contributed by atoms with E-state index in [1.165, 1.54) is 77.6 Å². The highest BCUT2D eigenvalue weighted by Crippen LogP contribution is 2.12. The van der Waals surface area contributed by atoms with E-state index in [4.69, 9.17) is 14.2 Å². The van der Waals surface area contributed by atoms with Crippen molar-refractivity contribution in [3.05, 3.63) is 30.1 Å². The largest absolute Gasteiger partial charge is 1.00 e. The Balaban J connectivity index is 0.0000160. The van der Waals surface area contributed by atoms with Crippen molar-refractivity contribution >= 4 is 18.1 Å². The molecule has 0 unspecified atom stereocenters. The molecule has 1 N–H and O–H groups in total. The van der Waals surface area contributed by atoms with Crippen LogP contribution < -0.4 is 33.9 Å². The molecule has 0 saturated heterocycles. The van der Waals surface area contributed by atoms with Crippen molar-refractivity contribution in [3.8, 4) is 0 Å². The SMILES string of the molecule is CCCCCCCCCCCCCCCNC(=O)OCCOCCOC(=O)N(Cc1cccc[n+]1CC)C(C)=O.[I-]. The van der Waals surface area contributed by atoms with E-state index < -0.39 is 18.1 Å². The minimum absolute atomic E-state index is 0. The maximum atomic E-state index is 12.4. The van der Waals surface area contributed by atoms with Crippen molar-refractivity contribution in [2.45, 2.75) is 117 Å². The van der Waals surface area contributed by atoms with Crippen molar-refractivity contribution in [1.82, 2.24) is 10.2 Å². The van der Waals surface area contributed by atoms with Crippen LogP contribution in [0.4, 0.5) is 9.59 Å². The number of amides is 3. The summed E-state index contributed by atoms with van der Waals surface area (Å²) in [6.07, 6.45) is 17.5. The van der Waals surface area contributed by atoms with Gasteiger partial charge in [-0.05, 0) is 13.3 Å². The summed E-state index contributed by atoms with van der Waals surface area (Å²) >= 11 is 0. The van der Waals surface area contributed by atoms with Gasteiger partial charge >= 0.3 is 12.2 Å². The molecule has 0 radical (unpaired) electrons. The lowest BCUT2D eigenvalue weighted by atomic mass is 10.0. The molecule has 9 nitrogen and oxygen atoms in total. The highest BCUT2D eigenvalue weighted by atomic mass is 127. The Hall–Kier alpha value is -1.95. The molecule has 0 aliphatic heterocycles. The molecule has 3 amide bonds. The lowest BCUT2D eigenvalue weighted by molar-refractivity contribution is -0.701. The molecule has 1 aromatic heterocycles. The number of aromatic nitrogens is 1. The number of unbranched alkanes of at least 4 members (excludes halogenated alkanes) is 12. The number of hydrogen-bond acceptors (Lipinski definition) is 6. The summed E-state index contributed by atoms with van der Waals surface area (Å²) in [5, 5.41) is 2.77. The number of aryl methyl sites for hydroxylation is 1. The zero-order valence-electron chi connectivity index (χ0n) is 25.7. The topological polar surface area (TPSA) is 98.1 Å². The van der Waals surface area contributed by atoms with Crippen LogP contribution in [0.3, 0.4) is 0 Å². The smallest absolute Gasteiger partial charge is 0.417 e. The summed E-state index contributed by atoms with van der Waals surface area (Å²) < 4.78 is 17.6. The third-order valence-electron chi connectivity index (χ3n) is 6.76. The van der Waals surface area contributed by atoms with Gasteiger partial charge in [-0.25, -0.2) is 19.1 Å². The molecule has 0 atom stereocenters. The number of rotatable bonds is 23. The Morgan fingerprint density at radius 2 is 1.34 bits per heavy atom. The molecule has 0 saturated carbocycles. The second-order valence-electron chi connectivity index (χ2n) is 10.1. The van der Waals surface area contributed by atoms with Gasteiger partial charge in [0.15, 0.2) is 6.20 Å². The first-order chi connectivity index (χ1) is 19.5. The fourth-order valence-corrected chi connectivity index (χ4v) is 4.38. The van der Waals surface area contributed by atoms with E-state index in [9.17, 15) is 14.4 Å². The van der Waals surface area contributed by atoms with E-state index >= 15 is 0 Å². The quantitative estimate of drug-likeness (QED) is 0.108. The third kappa shape index (κ3) is 20.6. The maximum Gasteiger partial charge on any atom is 0.417 e. The summed E-state index contributed by atoms with van der Waals surface area (Å²) in [5.41, 5.74) is 0.831. The van der Waals surface area contributed by atoms with Crippen LogP contribution in [0.1, 0.15) is 110 Å². The van der Waals surface area contributed by atoms with E-state index in [1.807, 2.05) is 35.9 Å². The number of nitrogens with one attached hydrogen (secondary N) is 1. The van der Waals surface area contributed by atoms with E-state index in [0.717, 1.165) is 30.0 Å². The van der Waals surface area contributed by atoms with E-state index in [-0.39, 0.29) is 56.9 Å². The zero-order valence-corrected chi connectivity index (χ0v) is 27.8. The monoisotopic (exact) mass is 691 g/mol. The van der Waals surface area contributed by atoms with Gasteiger partial charge in [0.25, 0.3) is 0 Å². The lowest BCUT2D eigenvalue weighted by Crippen LogP contribution is -3.00. The van der Waals surface area contributed by atoms with Crippen LogP contribution in [0.25, 0.3) is 0 Å². The summed E-state index contributed by atoms with van der Waals surface area (Å²) in [5.74, 6) is -0.393. The fourth-order valence-electron chi connectivity index (χ4n) is 4.38. The first-order valence-electron chi connectivity index (χ1n) is 15.4. The molecule has 1 heterocycles. The number of imide groups is 1. The van der Waals surface area contributed by atoms with Crippen LogP contribution in [0.15, 0.2) is 24.4 Å².